The van der Waals surface area contributed by atoms with Gasteiger partial charge in [0.1, 0.15) is 5.75 Å². The smallest absolute Gasteiger partial charge is 0.227 e. The van der Waals surface area contributed by atoms with E-state index in [1.165, 1.54) is 5.57 Å². The standard InChI is InChI=1S/C22H26N2O3/c1-2-4-19(26)24-18-13-14-7-10-23-11-9-21(18,22(23)15(14)8-12-27-22)16-5-3-6-17(25)20(16)24/h3,5-6,8,14,18,25H,2,4,7,9-13H2,1H3/t14-,18-,21-,22-/m0/s1. The van der Waals surface area contributed by atoms with Crippen molar-refractivity contribution in [3.63, 3.8) is 0 Å². The first-order valence-electron chi connectivity index (χ1n) is 10.4. The van der Waals surface area contributed by atoms with Crippen LogP contribution in [-0.2, 0) is 14.9 Å². The molecule has 1 amide bonds. The van der Waals surface area contributed by atoms with Gasteiger partial charge in [0.25, 0.3) is 0 Å². The van der Waals surface area contributed by atoms with Gasteiger partial charge in [-0.2, -0.15) is 0 Å². The number of carbonyl (C=O) groups excluding carboxylic acids is 1. The van der Waals surface area contributed by atoms with Gasteiger partial charge in [-0.25, -0.2) is 0 Å². The van der Waals surface area contributed by atoms with Gasteiger partial charge in [0, 0.05) is 19.5 Å². The van der Waals surface area contributed by atoms with Crippen LogP contribution >= 0.6 is 0 Å². The maximum atomic E-state index is 13.2. The predicted molar refractivity (Wildman–Crippen MR) is 102 cm³/mol. The fourth-order valence-electron chi connectivity index (χ4n) is 7.10. The molecule has 142 valence electrons. The quantitative estimate of drug-likeness (QED) is 0.818. The molecule has 0 unspecified atom stereocenters. The fraction of sp³-hybridized carbons (Fsp3) is 0.591. The highest BCUT2D eigenvalue weighted by atomic mass is 16.5. The van der Waals surface area contributed by atoms with Crippen LogP contribution in [0.3, 0.4) is 0 Å². The van der Waals surface area contributed by atoms with Gasteiger partial charge in [0.05, 0.1) is 23.8 Å². The minimum atomic E-state index is -0.414. The number of phenolic OH excluding ortho intramolecular Hbond substituents is 1. The summed E-state index contributed by atoms with van der Waals surface area (Å²) in [7, 11) is 0. The molecule has 4 heterocycles. The van der Waals surface area contributed by atoms with E-state index in [1.807, 2.05) is 17.9 Å². The monoisotopic (exact) mass is 366 g/mol. The van der Waals surface area contributed by atoms with Crippen molar-refractivity contribution < 1.29 is 14.6 Å². The summed E-state index contributed by atoms with van der Waals surface area (Å²) in [5.41, 5.74) is 2.64. The van der Waals surface area contributed by atoms with Gasteiger partial charge in [0.15, 0.2) is 5.72 Å². The average molecular weight is 366 g/mol. The average Bonchev–Trinajstić information content (AvgIpc) is 3.32. The molecule has 27 heavy (non-hydrogen) atoms. The molecule has 2 spiro atoms. The third-order valence-electron chi connectivity index (χ3n) is 7.86. The van der Waals surface area contributed by atoms with Gasteiger partial charge < -0.3 is 14.7 Å². The van der Waals surface area contributed by atoms with Crippen molar-refractivity contribution in [2.45, 2.75) is 56.2 Å². The zero-order valence-electron chi connectivity index (χ0n) is 15.8. The molecular weight excluding hydrogens is 340 g/mol. The Hall–Kier alpha value is -1.85. The van der Waals surface area contributed by atoms with Gasteiger partial charge in [-0.15, -0.1) is 0 Å². The maximum absolute atomic E-state index is 13.2. The zero-order chi connectivity index (χ0) is 18.4. The number of piperidine rings is 1. The number of fused-ring (bicyclic) bond motifs is 1. The number of benzene rings is 1. The number of para-hydroxylation sites is 1. The highest BCUT2D eigenvalue weighted by Crippen LogP contribution is 2.69. The van der Waals surface area contributed by atoms with Crippen LogP contribution in [0.1, 0.15) is 44.6 Å². The van der Waals surface area contributed by atoms with E-state index in [0.29, 0.717) is 18.9 Å². The molecule has 1 aromatic carbocycles. The topological polar surface area (TPSA) is 53.0 Å². The Balaban J connectivity index is 1.64. The Morgan fingerprint density at radius 2 is 2.26 bits per heavy atom. The highest BCUT2D eigenvalue weighted by Gasteiger charge is 2.75. The van der Waals surface area contributed by atoms with Crippen LogP contribution in [0, 0.1) is 5.92 Å². The minimum absolute atomic E-state index is 0.0744. The third-order valence-corrected chi connectivity index (χ3v) is 7.86. The van der Waals surface area contributed by atoms with Crippen LogP contribution in [0.5, 0.6) is 5.75 Å². The maximum Gasteiger partial charge on any atom is 0.227 e. The van der Waals surface area contributed by atoms with Crippen molar-refractivity contribution >= 4 is 11.6 Å². The number of amides is 1. The summed E-state index contributed by atoms with van der Waals surface area (Å²) in [6.45, 7) is 4.76. The first kappa shape index (κ1) is 16.1. The molecule has 5 nitrogen and oxygen atoms in total. The lowest BCUT2D eigenvalue weighted by Gasteiger charge is -2.58. The second-order valence-electron chi connectivity index (χ2n) is 8.75. The van der Waals surface area contributed by atoms with Gasteiger partial charge in [-0.05, 0) is 48.8 Å². The fourth-order valence-corrected chi connectivity index (χ4v) is 7.10. The highest BCUT2D eigenvalue weighted by molar-refractivity contribution is 5.99. The molecule has 0 radical (unpaired) electrons. The first-order valence-corrected chi connectivity index (χ1v) is 10.4. The van der Waals surface area contributed by atoms with E-state index in [0.717, 1.165) is 50.0 Å². The number of ether oxygens (including phenoxy) is 1. The molecule has 4 atom stereocenters. The van der Waals surface area contributed by atoms with Crippen molar-refractivity contribution in [3.05, 3.63) is 35.4 Å². The number of rotatable bonds is 2. The first-order chi connectivity index (χ1) is 13.1. The van der Waals surface area contributed by atoms with Gasteiger partial charge in [-0.1, -0.05) is 25.1 Å². The van der Waals surface area contributed by atoms with Crippen molar-refractivity contribution in [1.82, 2.24) is 4.90 Å². The number of aromatic hydroxyl groups is 1. The summed E-state index contributed by atoms with van der Waals surface area (Å²) in [5, 5.41) is 10.8. The number of hydrogen-bond donors (Lipinski definition) is 1. The molecule has 0 aromatic heterocycles. The Morgan fingerprint density at radius 1 is 1.37 bits per heavy atom. The van der Waals surface area contributed by atoms with Crippen LogP contribution in [0.25, 0.3) is 0 Å². The van der Waals surface area contributed by atoms with E-state index in [1.54, 1.807) is 6.07 Å². The zero-order valence-corrected chi connectivity index (χ0v) is 15.8. The predicted octanol–water partition coefficient (Wildman–Crippen LogP) is 2.93. The van der Waals surface area contributed by atoms with E-state index in [9.17, 15) is 9.90 Å². The number of anilines is 1. The second kappa shape index (κ2) is 5.15. The van der Waals surface area contributed by atoms with Gasteiger partial charge in [0.2, 0.25) is 5.91 Å². The van der Waals surface area contributed by atoms with Crippen molar-refractivity contribution in [1.29, 1.82) is 0 Å². The molecule has 1 saturated carbocycles. The molecule has 4 aliphatic heterocycles. The largest absolute Gasteiger partial charge is 0.506 e. The van der Waals surface area contributed by atoms with Crippen LogP contribution in [0.15, 0.2) is 29.8 Å². The molecule has 6 rings (SSSR count). The normalized spacial score (nSPS) is 38.4. The molecule has 5 aliphatic rings. The number of hydrogen-bond acceptors (Lipinski definition) is 4. The van der Waals surface area contributed by atoms with Gasteiger partial charge >= 0.3 is 0 Å². The number of carbonyl (C=O) groups is 1. The van der Waals surface area contributed by atoms with E-state index >= 15 is 0 Å². The van der Waals surface area contributed by atoms with Crippen LogP contribution in [-0.4, -0.2) is 47.4 Å². The third kappa shape index (κ3) is 1.60. The molecule has 1 N–H and O–H groups in total. The number of nitrogens with zero attached hydrogens (tertiary/aromatic N) is 2. The SMILES string of the molecule is CCCC(=O)N1c2c(O)cccc2[C@@]23CCN4CC[C@@H](C[C@H]12)C1=CCO[C@]143. The molecule has 2 saturated heterocycles. The van der Waals surface area contributed by atoms with E-state index in [4.69, 9.17) is 4.74 Å². The summed E-state index contributed by atoms with van der Waals surface area (Å²) in [6, 6.07) is 5.86. The van der Waals surface area contributed by atoms with Crippen molar-refractivity contribution in [2.24, 2.45) is 5.92 Å². The molecular formula is C22H26N2O3. The van der Waals surface area contributed by atoms with Crippen LogP contribution < -0.4 is 4.90 Å². The van der Waals surface area contributed by atoms with Crippen molar-refractivity contribution in [2.75, 3.05) is 24.6 Å². The minimum Gasteiger partial charge on any atom is -0.506 e. The van der Waals surface area contributed by atoms with E-state index in [-0.39, 0.29) is 23.1 Å². The lowest BCUT2D eigenvalue weighted by atomic mass is 9.56. The second-order valence-corrected chi connectivity index (χ2v) is 8.75. The Kier molecular flexibility index (Phi) is 3.08. The summed E-state index contributed by atoms with van der Waals surface area (Å²) in [6.07, 6.45) is 6.74. The summed E-state index contributed by atoms with van der Waals surface area (Å²) in [4.78, 5) is 17.7. The summed E-state index contributed by atoms with van der Waals surface area (Å²) in [5.74, 6) is 0.850. The van der Waals surface area contributed by atoms with Crippen LogP contribution in [0.4, 0.5) is 5.69 Å². The molecule has 3 fully saturated rings. The molecule has 5 heteroatoms. The van der Waals surface area contributed by atoms with Crippen LogP contribution in [0.2, 0.25) is 0 Å². The Morgan fingerprint density at radius 3 is 3.11 bits per heavy atom. The summed E-state index contributed by atoms with van der Waals surface area (Å²) >= 11 is 0. The Labute approximate surface area is 159 Å². The number of phenols is 1. The Bertz CT molecular complexity index is 880. The van der Waals surface area contributed by atoms with E-state index < -0.39 is 5.72 Å². The molecule has 1 aromatic rings. The summed E-state index contributed by atoms with van der Waals surface area (Å²) < 4.78 is 6.61. The molecule has 1 aliphatic carbocycles. The lowest BCUT2D eigenvalue weighted by Crippen LogP contribution is -2.69. The van der Waals surface area contributed by atoms with Crippen molar-refractivity contribution in [3.8, 4) is 5.75 Å². The lowest BCUT2D eigenvalue weighted by molar-refractivity contribution is -0.158. The van der Waals surface area contributed by atoms with E-state index in [2.05, 4.69) is 17.0 Å². The molecule has 2 bridgehead atoms. The van der Waals surface area contributed by atoms with Gasteiger partial charge in [-0.3, -0.25) is 9.69 Å².